The second kappa shape index (κ2) is 11.3. The lowest BCUT2D eigenvalue weighted by molar-refractivity contribution is 0.663. The van der Waals surface area contributed by atoms with Gasteiger partial charge in [0.2, 0.25) is 0 Å². The number of aromatic nitrogens is 3. The number of hydrogen-bond acceptors (Lipinski definition) is 4. The van der Waals surface area contributed by atoms with Crippen molar-refractivity contribution in [3.8, 4) is 45.3 Å². The predicted octanol–water partition coefficient (Wildman–Crippen LogP) is 10.8. The highest BCUT2D eigenvalue weighted by atomic mass is 16.3. The first-order chi connectivity index (χ1) is 23.3. The summed E-state index contributed by atoms with van der Waals surface area (Å²) in [6, 6.07) is 41.5. The molecule has 222 valence electrons. The molecule has 2 atom stereocenters. The molecule has 0 radical (unpaired) electrons. The second-order valence-corrected chi connectivity index (χ2v) is 12.0. The number of fused-ring (bicyclic) bond motifs is 4. The maximum absolute atomic E-state index is 6.47. The minimum Gasteiger partial charge on any atom is -0.456 e. The van der Waals surface area contributed by atoms with E-state index in [1.807, 2.05) is 78.9 Å². The zero-order chi connectivity index (χ0) is 31.2. The molecule has 47 heavy (non-hydrogen) atoms. The molecule has 0 saturated heterocycles. The van der Waals surface area contributed by atoms with Crippen molar-refractivity contribution < 1.29 is 4.42 Å². The lowest BCUT2D eigenvalue weighted by atomic mass is 9.81. The molecule has 4 heteroatoms. The Labute approximate surface area is 272 Å². The van der Waals surface area contributed by atoms with Crippen LogP contribution in [0, 0.1) is 11.8 Å². The van der Waals surface area contributed by atoms with Crippen LogP contribution in [0.25, 0.3) is 72.8 Å². The van der Waals surface area contributed by atoms with Crippen molar-refractivity contribution in [2.24, 2.45) is 11.8 Å². The Balaban J connectivity index is 1.21. The van der Waals surface area contributed by atoms with Gasteiger partial charge in [-0.25, -0.2) is 15.0 Å². The number of allylic oxidation sites excluding steroid dienone is 8. The number of hydrogen-bond donors (Lipinski definition) is 0. The highest BCUT2D eigenvalue weighted by Gasteiger charge is 2.21. The normalized spacial score (nSPS) is 16.8. The van der Waals surface area contributed by atoms with Crippen LogP contribution in [0.1, 0.15) is 5.56 Å². The standard InChI is InChI=1S/C43H29N3O/c1-3-12-31(13-4-1)41-44-42(32-14-5-2-6-15-32)46-43(45-41)37-26-35(27-39-40(37)36-17-9-10-18-38(36)47-39)30-21-19-29(20-22-30)34-24-23-28-11-7-8-16-33(28)25-34/h1-28,33H. The van der Waals surface area contributed by atoms with E-state index in [9.17, 15) is 0 Å². The number of furan rings is 1. The Hall–Kier alpha value is -6.13. The minimum atomic E-state index is 0.402. The summed E-state index contributed by atoms with van der Waals surface area (Å²) in [7, 11) is 0. The molecule has 2 aliphatic rings. The minimum absolute atomic E-state index is 0.402. The van der Waals surface area contributed by atoms with Gasteiger partial charge >= 0.3 is 0 Å². The average Bonchev–Trinajstić information content (AvgIpc) is 3.53. The Morgan fingerprint density at radius 2 is 1.09 bits per heavy atom. The lowest BCUT2D eigenvalue weighted by Crippen LogP contribution is -2.11. The Morgan fingerprint density at radius 3 is 1.81 bits per heavy atom. The van der Waals surface area contributed by atoms with E-state index in [0.717, 1.165) is 49.8 Å². The molecule has 0 spiro atoms. The van der Waals surface area contributed by atoms with E-state index in [4.69, 9.17) is 19.4 Å². The van der Waals surface area contributed by atoms with E-state index in [-0.39, 0.29) is 0 Å². The third-order valence-electron chi connectivity index (χ3n) is 9.06. The van der Waals surface area contributed by atoms with Gasteiger partial charge in [-0.1, -0.05) is 146 Å². The predicted molar refractivity (Wildman–Crippen MR) is 191 cm³/mol. The van der Waals surface area contributed by atoms with Crippen molar-refractivity contribution in [1.82, 2.24) is 15.0 Å². The van der Waals surface area contributed by atoms with Crippen molar-refractivity contribution in [2.75, 3.05) is 0 Å². The Morgan fingerprint density at radius 1 is 0.468 bits per heavy atom. The van der Waals surface area contributed by atoms with Gasteiger partial charge in [-0.3, -0.25) is 0 Å². The molecule has 0 aliphatic heterocycles. The van der Waals surface area contributed by atoms with Crippen molar-refractivity contribution in [1.29, 1.82) is 0 Å². The SMILES string of the molecule is C1=CC2C=CC(c3ccc(-c4cc(-c5nc(-c6ccccc6)nc(-c6ccccc6)n5)c5c(c4)oc4ccccc45)cc3)=CC2C=C1. The van der Waals surface area contributed by atoms with Crippen LogP contribution in [0.2, 0.25) is 0 Å². The van der Waals surface area contributed by atoms with Gasteiger partial charge < -0.3 is 4.42 Å². The van der Waals surface area contributed by atoms with Gasteiger partial charge in [0.15, 0.2) is 17.5 Å². The average molecular weight is 604 g/mol. The Bertz CT molecular complexity index is 2340. The van der Waals surface area contributed by atoms with Crippen LogP contribution in [0.3, 0.4) is 0 Å². The first-order valence-electron chi connectivity index (χ1n) is 16.0. The van der Waals surface area contributed by atoms with Gasteiger partial charge in [0, 0.05) is 39.3 Å². The first kappa shape index (κ1) is 27.2. The molecule has 2 aromatic heterocycles. The van der Waals surface area contributed by atoms with Gasteiger partial charge in [-0.2, -0.15) is 0 Å². The van der Waals surface area contributed by atoms with Crippen LogP contribution in [0.4, 0.5) is 0 Å². The van der Waals surface area contributed by atoms with Gasteiger partial charge in [-0.05, 0) is 40.5 Å². The molecule has 4 nitrogen and oxygen atoms in total. The van der Waals surface area contributed by atoms with Crippen LogP contribution in [-0.2, 0) is 0 Å². The summed E-state index contributed by atoms with van der Waals surface area (Å²) in [5, 5.41) is 2.02. The van der Waals surface area contributed by atoms with Gasteiger partial charge in [-0.15, -0.1) is 0 Å². The number of rotatable bonds is 5. The fourth-order valence-corrected chi connectivity index (χ4v) is 6.65. The second-order valence-electron chi connectivity index (χ2n) is 12.0. The highest BCUT2D eigenvalue weighted by Crippen LogP contribution is 2.40. The van der Waals surface area contributed by atoms with E-state index in [2.05, 4.69) is 85.0 Å². The molecule has 0 bridgehead atoms. The zero-order valence-electron chi connectivity index (χ0n) is 25.5. The van der Waals surface area contributed by atoms with E-state index < -0.39 is 0 Å². The van der Waals surface area contributed by atoms with E-state index in [1.54, 1.807) is 0 Å². The summed E-state index contributed by atoms with van der Waals surface area (Å²) in [4.78, 5) is 15.1. The molecule has 9 rings (SSSR count). The fourth-order valence-electron chi connectivity index (χ4n) is 6.65. The zero-order valence-corrected chi connectivity index (χ0v) is 25.5. The van der Waals surface area contributed by atoms with Crippen LogP contribution < -0.4 is 0 Å². The number of nitrogens with zero attached hydrogens (tertiary/aromatic N) is 3. The monoisotopic (exact) mass is 603 g/mol. The topological polar surface area (TPSA) is 51.8 Å². The number of benzene rings is 5. The molecule has 0 N–H and O–H groups in total. The van der Waals surface area contributed by atoms with Gasteiger partial charge in [0.25, 0.3) is 0 Å². The maximum Gasteiger partial charge on any atom is 0.164 e. The molecule has 0 amide bonds. The highest BCUT2D eigenvalue weighted by molar-refractivity contribution is 6.13. The quantitative estimate of drug-likeness (QED) is 0.196. The summed E-state index contributed by atoms with van der Waals surface area (Å²) < 4.78 is 6.47. The molecule has 2 unspecified atom stereocenters. The molecule has 0 fully saturated rings. The van der Waals surface area contributed by atoms with Crippen LogP contribution >= 0.6 is 0 Å². The van der Waals surface area contributed by atoms with Crippen molar-refractivity contribution in [2.45, 2.75) is 0 Å². The van der Waals surface area contributed by atoms with Gasteiger partial charge in [0.05, 0.1) is 0 Å². The van der Waals surface area contributed by atoms with Crippen LogP contribution in [-0.4, -0.2) is 15.0 Å². The fraction of sp³-hybridized carbons (Fsp3) is 0.0465. The van der Waals surface area contributed by atoms with Crippen LogP contribution in [0.5, 0.6) is 0 Å². The van der Waals surface area contributed by atoms with Crippen molar-refractivity contribution in [3.63, 3.8) is 0 Å². The molecule has 7 aromatic rings. The number of para-hydroxylation sites is 1. The smallest absolute Gasteiger partial charge is 0.164 e. The molecule has 2 heterocycles. The van der Waals surface area contributed by atoms with Crippen molar-refractivity contribution in [3.05, 3.63) is 169 Å². The third-order valence-corrected chi connectivity index (χ3v) is 9.06. The molecule has 0 saturated carbocycles. The first-order valence-corrected chi connectivity index (χ1v) is 16.0. The summed E-state index contributed by atoms with van der Waals surface area (Å²) >= 11 is 0. The lowest BCUT2D eigenvalue weighted by Gasteiger charge is -2.23. The van der Waals surface area contributed by atoms with E-state index in [0.29, 0.717) is 29.3 Å². The Kier molecular flexibility index (Phi) is 6.57. The summed E-state index contributed by atoms with van der Waals surface area (Å²) in [5.41, 5.74) is 8.99. The van der Waals surface area contributed by atoms with E-state index in [1.165, 1.54) is 11.1 Å². The molecule has 5 aromatic carbocycles. The summed E-state index contributed by atoms with van der Waals surface area (Å²) in [5.74, 6) is 2.71. The largest absolute Gasteiger partial charge is 0.456 e. The maximum atomic E-state index is 6.47. The van der Waals surface area contributed by atoms with Gasteiger partial charge in [0.1, 0.15) is 11.2 Å². The summed E-state index contributed by atoms with van der Waals surface area (Å²) in [6.07, 6.45) is 15.7. The molecule has 2 aliphatic carbocycles. The van der Waals surface area contributed by atoms with Crippen LogP contribution in [0.15, 0.2) is 168 Å². The van der Waals surface area contributed by atoms with Crippen molar-refractivity contribution >= 4 is 27.5 Å². The molecular formula is C43H29N3O. The van der Waals surface area contributed by atoms with E-state index >= 15 is 0 Å². The molecular weight excluding hydrogens is 574 g/mol. The third kappa shape index (κ3) is 5.01. The summed E-state index contributed by atoms with van der Waals surface area (Å²) in [6.45, 7) is 0.